The van der Waals surface area contributed by atoms with E-state index in [9.17, 15) is 4.79 Å². The Balaban J connectivity index is 1.42. The average Bonchev–Trinajstić information content (AvgIpc) is 3.05. The zero-order valence-electron chi connectivity index (χ0n) is 13.7. The van der Waals surface area contributed by atoms with Gasteiger partial charge in [-0.25, -0.2) is 0 Å². The Labute approximate surface area is 138 Å². The molecule has 3 aliphatic rings. The second-order valence-electron chi connectivity index (χ2n) is 7.19. The standard InChI is InChI=1S/C19H26N2O2/c22-19(21-12-9-16(13-21)20-10-3-4-11-20)17-5-1-2-6-18(17)23-14-15-7-8-15/h1-2,5-6,15-16H,3-4,7-14H2/t16-/m0/s1. The summed E-state index contributed by atoms with van der Waals surface area (Å²) in [6.07, 6.45) is 6.25. The minimum Gasteiger partial charge on any atom is -0.492 e. The van der Waals surface area contributed by atoms with Gasteiger partial charge in [-0.15, -0.1) is 0 Å². The molecule has 124 valence electrons. The minimum absolute atomic E-state index is 0.137. The number of hydrogen-bond acceptors (Lipinski definition) is 3. The van der Waals surface area contributed by atoms with Crippen molar-refractivity contribution >= 4 is 5.91 Å². The van der Waals surface area contributed by atoms with Gasteiger partial charge in [-0.3, -0.25) is 9.69 Å². The Kier molecular flexibility index (Phi) is 4.25. The first-order valence-electron chi connectivity index (χ1n) is 9.06. The lowest BCUT2D eigenvalue weighted by Crippen LogP contribution is -2.37. The molecule has 23 heavy (non-hydrogen) atoms. The van der Waals surface area contributed by atoms with E-state index in [-0.39, 0.29) is 5.91 Å². The van der Waals surface area contributed by atoms with Crippen LogP contribution in [0.1, 0.15) is 42.5 Å². The number of amides is 1. The summed E-state index contributed by atoms with van der Waals surface area (Å²) in [5.74, 6) is 1.59. The second kappa shape index (κ2) is 6.52. The van der Waals surface area contributed by atoms with E-state index in [0.717, 1.165) is 37.4 Å². The predicted octanol–water partition coefficient (Wildman–Crippen LogP) is 2.79. The zero-order chi connectivity index (χ0) is 15.6. The van der Waals surface area contributed by atoms with Gasteiger partial charge in [0.1, 0.15) is 5.75 Å². The number of benzene rings is 1. The normalized spacial score (nSPS) is 25.0. The van der Waals surface area contributed by atoms with Crippen LogP contribution in [0.15, 0.2) is 24.3 Å². The first kappa shape index (κ1) is 15.0. The Hall–Kier alpha value is -1.55. The molecule has 2 aliphatic heterocycles. The topological polar surface area (TPSA) is 32.8 Å². The highest BCUT2D eigenvalue weighted by Crippen LogP contribution is 2.31. The van der Waals surface area contributed by atoms with Crippen molar-refractivity contribution in [2.75, 3.05) is 32.8 Å². The molecular formula is C19H26N2O2. The molecule has 0 radical (unpaired) electrons. The zero-order valence-corrected chi connectivity index (χ0v) is 13.7. The molecule has 0 aromatic heterocycles. The molecule has 4 nitrogen and oxygen atoms in total. The van der Waals surface area contributed by atoms with E-state index in [1.807, 2.05) is 29.2 Å². The molecule has 0 bridgehead atoms. The molecule has 3 fully saturated rings. The lowest BCUT2D eigenvalue weighted by molar-refractivity contribution is 0.0775. The van der Waals surface area contributed by atoms with Gasteiger partial charge in [0.15, 0.2) is 0 Å². The van der Waals surface area contributed by atoms with Gasteiger partial charge in [-0.1, -0.05) is 12.1 Å². The molecule has 1 saturated carbocycles. The molecule has 4 heteroatoms. The lowest BCUT2D eigenvalue weighted by Gasteiger charge is -2.24. The molecule has 4 rings (SSSR count). The van der Waals surface area contributed by atoms with Crippen molar-refractivity contribution < 1.29 is 9.53 Å². The number of carbonyl (C=O) groups excluding carboxylic acids is 1. The van der Waals surface area contributed by atoms with Crippen molar-refractivity contribution in [3.05, 3.63) is 29.8 Å². The number of ether oxygens (including phenoxy) is 1. The molecule has 0 unspecified atom stereocenters. The SMILES string of the molecule is O=C(c1ccccc1OCC1CC1)N1CC[C@H](N2CCCC2)C1. The molecule has 2 saturated heterocycles. The van der Waals surface area contributed by atoms with Crippen LogP contribution in [0, 0.1) is 5.92 Å². The number of para-hydroxylation sites is 1. The highest BCUT2D eigenvalue weighted by molar-refractivity contribution is 5.97. The maximum atomic E-state index is 12.9. The minimum atomic E-state index is 0.137. The van der Waals surface area contributed by atoms with Crippen LogP contribution >= 0.6 is 0 Å². The number of hydrogen-bond donors (Lipinski definition) is 0. The number of rotatable bonds is 5. The van der Waals surface area contributed by atoms with Crippen LogP contribution < -0.4 is 4.74 Å². The van der Waals surface area contributed by atoms with Gasteiger partial charge in [-0.2, -0.15) is 0 Å². The van der Waals surface area contributed by atoms with E-state index in [1.54, 1.807) is 0 Å². The van der Waals surface area contributed by atoms with E-state index in [2.05, 4.69) is 4.90 Å². The monoisotopic (exact) mass is 314 g/mol. The van der Waals surface area contributed by atoms with Crippen LogP contribution in [-0.4, -0.2) is 54.5 Å². The predicted molar refractivity (Wildman–Crippen MR) is 89.8 cm³/mol. The fraction of sp³-hybridized carbons (Fsp3) is 0.632. The highest BCUT2D eigenvalue weighted by Gasteiger charge is 2.33. The van der Waals surface area contributed by atoms with Gasteiger partial charge in [-0.05, 0) is 63.2 Å². The van der Waals surface area contributed by atoms with E-state index in [0.29, 0.717) is 12.0 Å². The number of nitrogens with zero attached hydrogens (tertiary/aromatic N) is 2. The molecule has 1 amide bonds. The molecule has 2 heterocycles. The summed E-state index contributed by atoms with van der Waals surface area (Å²) < 4.78 is 5.91. The number of carbonyl (C=O) groups is 1. The van der Waals surface area contributed by atoms with Crippen LogP contribution in [0.4, 0.5) is 0 Å². The Morgan fingerprint density at radius 3 is 2.65 bits per heavy atom. The average molecular weight is 314 g/mol. The van der Waals surface area contributed by atoms with Crippen molar-refractivity contribution in [2.45, 2.75) is 38.1 Å². The lowest BCUT2D eigenvalue weighted by atomic mass is 10.1. The van der Waals surface area contributed by atoms with Crippen molar-refractivity contribution in [1.82, 2.24) is 9.80 Å². The van der Waals surface area contributed by atoms with Crippen LogP contribution in [0.5, 0.6) is 5.75 Å². The molecular weight excluding hydrogens is 288 g/mol. The molecule has 0 spiro atoms. The van der Waals surface area contributed by atoms with Crippen molar-refractivity contribution in [3.63, 3.8) is 0 Å². The summed E-state index contributed by atoms with van der Waals surface area (Å²) in [4.78, 5) is 17.5. The van der Waals surface area contributed by atoms with Gasteiger partial charge in [0.25, 0.3) is 5.91 Å². The number of likely N-dealkylation sites (tertiary alicyclic amines) is 2. The third-order valence-corrected chi connectivity index (χ3v) is 5.40. The van der Waals surface area contributed by atoms with E-state index in [4.69, 9.17) is 4.74 Å². The van der Waals surface area contributed by atoms with E-state index >= 15 is 0 Å². The fourth-order valence-electron chi connectivity index (χ4n) is 3.76. The van der Waals surface area contributed by atoms with E-state index < -0.39 is 0 Å². The van der Waals surface area contributed by atoms with Crippen molar-refractivity contribution in [3.8, 4) is 5.75 Å². The second-order valence-corrected chi connectivity index (χ2v) is 7.19. The highest BCUT2D eigenvalue weighted by atomic mass is 16.5. The summed E-state index contributed by atoms with van der Waals surface area (Å²) >= 11 is 0. The molecule has 1 aromatic rings. The van der Waals surface area contributed by atoms with Gasteiger partial charge >= 0.3 is 0 Å². The van der Waals surface area contributed by atoms with Gasteiger partial charge in [0.05, 0.1) is 12.2 Å². The van der Waals surface area contributed by atoms with Gasteiger partial charge in [0.2, 0.25) is 0 Å². The first-order chi connectivity index (χ1) is 11.3. The Morgan fingerprint density at radius 2 is 1.87 bits per heavy atom. The van der Waals surface area contributed by atoms with Crippen molar-refractivity contribution in [1.29, 1.82) is 0 Å². The maximum absolute atomic E-state index is 12.9. The van der Waals surface area contributed by atoms with Crippen LogP contribution in [0.2, 0.25) is 0 Å². The summed E-state index contributed by atoms with van der Waals surface area (Å²) in [6.45, 7) is 4.90. The molecule has 1 atom stereocenters. The third-order valence-electron chi connectivity index (χ3n) is 5.40. The summed E-state index contributed by atoms with van der Waals surface area (Å²) in [6, 6.07) is 8.29. The maximum Gasteiger partial charge on any atom is 0.257 e. The third kappa shape index (κ3) is 3.37. The summed E-state index contributed by atoms with van der Waals surface area (Å²) in [5, 5.41) is 0. The summed E-state index contributed by atoms with van der Waals surface area (Å²) in [7, 11) is 0. The van der Waals surface area contributed by atoms with Crippen LogP contribution in [0.3, 0.4) is 0 Å². The molecule has 0 N–H and O–H groups in total. The Bertz CT molecular complexity index is 564. The summed E-state index contributed by atoms with van der Waals surface area (Å²) in [5.41, 5.74) is 0.732. The first-order valence-corrected chi connectivity index (χ1v) is 9.06. The van der Waals surface area contributed by atoms with Gasteiger partial charge in [0, 0.05) is 19.1 Å². The quantitative estimate of drug-likeness (QED) is 0.838. The molecule has 1 aliphatic carbocycles. The van der Waals surface area contributed by atoms with Crippen molar-refractivity contribution in [2.24, 2.45) is 5.92 Å². The van der Waals surface area contributed by atoms with E-state index in [1.165, 1.54) is 38.8 Å². The molecule has 1 aromatic carbocycles. The van der Waals surface area contributed by atoms with Gasteiger partial charge < -0.3 is 9.64 Å². The smallest absolute Gasteiger partial charge is 0.257 e. The van der Waals surface area contributed by atoms with Crippen LogP contribution in [-0.2, 0) is 0 Å². The Morgan fingerprint density at radius 1 is 1.09 bits per heavy atom. The van der Waals surface area contributed by atoms with Crippen LogP contribution in [0.25, 0.3) is 0 Å². The fourth-order valence-corrected chi connectivity index (χ4v) is 3.76. The largest absolute Gasteiger partial charge is 0.492 e.